The monoisotopic (exact) mass is 171 g/mol. The molecule has 1 N–H and O–H groups in total. The van der Waals surface area contributed by atoms with Gasteiger partial charge >= 0.3 is 5.97 Å². The maximum absolute atomic E-state index is 11.1. The molecule has 4 nitrogen and oxygen atoms in total. The molecule has 0 amide bonds. The lowest BCUT2D eigenvalue weighted by Crippen LogP contribution is -2.44. The van der Waals surface area contributed by atoms with Gasteiger partial charge in [0.25, 0.3) is 5.78 Å². The first kappa shape index (κ1) is 9.19. The van der Waals surface area contributed by atoms with Crippen LogP contribution in [0.15, 0.2) is 0 Å². The highest BCUT2D eigenvalue weighted by Crippen LogP contribution is 2.15. The van der Waals surface area contributed by atoms with Gasteiger partial charge < -0.3 is 5.11 Å². The molecule has 1 heterocycles. The number of hydrogen-bond donors (Lipinski definition) is 1. The molecule has 4 heteroatoms. The summed E-state index contributed by atoms with van der Waals surface area (Å²) in [4.78, 5) is 23.3. The average Bonchev–Trinajstić information content (AvgIpc) is 2.04. The first-order valence-corrected chi connectivity index (χ1v) is 4.10. The van der Waals surface area contributed by atoms with Gasteiger partial charge in [-0.1, -0.05) is 6.42 Å². The van der Waals surface area contributed by atoms with Gasteiger partial charge in [0, 0.05) is 0 Å². The SMILES string of the molecule is CN1CCCCC1C(=O)C(=O)O. The number of likely N-dealkylation sites (tertiary alicyclic amines) is 1. The number of piperidine rings is 1. The Hall–Kier alpha value is -0.900. The van der Waals surface area contributed by atoms with E-state index in [2.05, 4.69) is 0 Å². The fourth-order valence-corrected chi connectivity index (χ4v) is 1.55. The molecule has 0 bridgehead atoms. The standard InChI is InChI=1S/C8H13NO3/c1-9-5-3-2-4-6(9)7(10)8(11)12/h6H,2-5H2,1H3,(H,11,12). The highest BCUT2D eigenvalue weighted by Gasteiger charge is 2.29. The molecule has 1 aliphatic rings. The van der Waals surface area contributed by atoms with Gasteiger partial charge in [0.05, 0.1) is 6.04 Å². The molecule has 0 aromatic heterocycles. The van der Waals surface area contributed by atoms with Gasteiger partial charge in [-0.25, -0.2) is 4.79 Å². The molecule has 1 aliphatic heterocycles. The summed E-state index contributed by atoms with van der Waals surface area (Å²) < 4.78 is 0. The summed E-state index contributed by atoms with van der Waals surface area (Å²) in [7, 11) is 1.80. The van der Waals surface area contributed by atoms with Crippen LogP contribution in [0.4, 0.5) is 0 Å². The van der Waals surface area contributed by atoms with Gasteiger partial charge in [-0.3, -0.25) is 9.69 Å². The van der Waals surface area contributed by atoms with Crippen LogP contribution >= 0.6 is 0 Å². The molecular formula is C8H13NO3. The molecular weight excluding hydrogens is 158 g/mol. The largest absolute Gasteiger partial charge is 0.475 e. The van der Waals surface area contributed by atoms with Crippen LogP contribution < -0.4 is 0 Å². The third-order valence-electron chi connectivity index (χ3n) is 2.28. The summed E-state index contributed by atoms with van der Waals surface area (Å²) >= 11 is 0. The van der Waals surface area contributed by atoms with E-state index in [1.807, 2.05) is 4.90 Å². The molecule has 0 spiro atoms. The molecule has 0 radical (unpaired) electrons. The van der Waals surface area contributed by atoms with Gasteiger partial charge in [0.2, 0.25) is 0 Å². The van der Waals surface area contributed by atoms with Crippen molar-refractivity contribution in [2.45, 2.75) is 25.3 Å². The van der Waals surface area contributed by atoms with E-state index in [4.69, 9.17) is 5.11 Å². The second-order valence-electron chi connectivity index (χ2n) is 3.16. The lowest BCUT2D eigenvalue weighted by Gasteiger charge is -2.29. The Morgan fingerprint density at radius 3 is 2.58 bits per heavy atom. The van der Waals surface area contributed by atoms with Crippen LogP contribution in [0, 0.1) is 0 Å². The van der Waals surface area contributed by atoms with Crippen molar-refractivity contribution in [2.24, 2.45) is 0 Å². The van der Waals surface area contributed by atoms with Crippen molar-refractivity contribution in [3.63, 3.8) is 0 Å². The number of nitrogens with zero attached hydrogens (tertiary/aromatic N) is 1. The Labute approximate surface area is 71.2 Å². The molecule has 0 saturated carbocycles. The van der Waals surface area contributed by atoms with Crippen molar-refractivity contribution in [1.29, 1.82) is 0 Å². The summed E-state index contributed by atoms with van der Waals surface area (Å²) in [6.07, 6.45) is 2.69. The van der Waals surface area contributed by atoms with Gasteiger partial charge in [-0.2, -0.15) is 0 Å². The zero-order chi connectivity index (χ0) is 9.14. The van der Waals surface area contributed by atoms with Crippen LogP contribution in [0.3, 0.4) is 0 Å². The number of aliphatic carboxylic acids is 1. The molecule has 12 heavy (non-hydrogen) atoms. The number of carboxylic acid groups (broad SMARTS) is 1. The third-order valence-corrected chi connectivity index (χ3v) is 2.28. The molecule has 1 atom stereocenters. The highest BCUT2D eigenvalue weighted by molar-refractivity contribution is 6.34. The maximum atomic E-state index is 11.1. The third kappa shape index (κ3) is 1.82. The molecule has 0 aromatic carbocycles. The van der Waals surface area contributed by atoms with Crippen molar-refractivity contribution < 1.29 is 14.7 Å². The van der Waals surface area contributed by atoms with Crippen LogP contribution in [0.2, 0.25) is 0 Å². The molecule has 1 fully saturated rings. The molecule has 0 aliphatic carbocycles. The van der Waals surface area contributed by atoms with Crippen molar-refractivity contribution in [1.82, 2.24) is 4.90 Å². The normalized spacial score (nSPS) is 25.2. The summed E-state index contributed by atoms with van der Waals surface area (Å²) in [6, 6.07) is -0.392. The number of Topliss-reactive ketones (excluding diaryl/α,β-unsaturated/α-hetero) is 1. The predicted octanol–water partition coefficient (Wildman–Crippen LogP) is 0.124. The quantitative estimate of drug-likeness (QED) is 0.600. The van der Waals surface area contributed by atoms with Crippen molar-refractivity contribution in [3.8, 4) is 0 Å². The van der Waals surface area contributed by atoms with Crippen molar-refractivity contribution in [3.05, 3.63) is 0 Å². The Morgan fingerprint density at radius 2 is 2.08 bits per heavy atom. The highest BCUT2D eigenvalue weighted by atomic mass is 16.4. The fraction of sp³-hybridized carbons (Fsp3) is 0.750. The maximum Gasteiger partial charge on any atom is 0.373 e. The lowest BCUT2D eigenvalue weighted by molar-refractivity contribution is -0.152. The van der Waals surface area contributed by atoms with E-state index in [1.165, 1.54) is 0 Å². The van der Waals surface area contributed by atoms with Crippen LogP contribution in [0.1, 0.15) is 19.3 Å². The Balaban J connectivity index is 2.59. The first-order chi connectivity index (χ1) is 5.63. The van der Waals surface area contributed by atoms with Crippen LogP contribution in [-0.4, -0.2) is 41.4 Å². The number of likely N-dealkylation sites (N-methyl/N-ethyl adjacent to an activating group) is 1. The van der Waals surface area contributed by atoms with E-state index in [1.54, 1.807) is 7.05 Å². The second kappa shape index (κ2) is 3.67. The Morgan fingerprint density at radius 1 is 1.42 bits per heavy atom. The van der Waals surface area contributed by atoms with Crippen LogP contribution in [-0.2, 0) is 9.59 Å². The smallest absolute Gasteiger partial charge is 0.373 e. The first-order valence-electron chi connectivity index (χ1n) is 4.10. The number of carbonyl (C=O) groups is 2. The summed E-state index contributed by atoms with van der Waals surface area (Å²) in [5.74, 6) is -1.98. The lowest BCUT2D eigenvalue weighted by atomic mass is 9.99. The van der Waals surface area contributed by atoms with Gasteiger partial charge in [-0.05, 0) is 26.4 Å². The van der Waals surface area contributed by atoms with E-state index in [9.17, 15) is 9.59 Å². The van der Waals surface area contributed by atoms with E-state index in [0.29, 0.717) is 6.42 Å². The van der Waals surface area contributed by atoms with Crippen LogP contribution in [0.25, 0.3) is 0 Å². The van der Waals surface area contributed by atoms with Gasteiger partial charge in [0.15, 0.2) is 0 Å². The van der Waals surface area contributed by atoms with Crippen LogP contribution in [0.5, 0.6) is 0 Å². The molecule has 1 unspecified atom stereocenters. The van der Waals surface area contributed by atoms with E-state index < -0.39 is 17.8 Å². The van der Waals surface area contributed by atoms with Crippen molar-refractivity contribution in [2.75, 3.05) is 13.6 Å². The number of carbonyl (C=O) groups excluding carboxylic acids is 1. The molecule has 1 rings (SSSR count). The number of ketones is 1. The second-order valence-corrected chi connectivity index (χ2v) is 3.16. The molecule has 68 valence electrons. The number of rotatable bonds is 2. The minimum atomic E-state index is -1.31. The predicted molar refractivity (Wildman–Crippen MR) is 42.9 cm³/mol. The Bertz CT molecular complexity index is 202. The van der Waals surface area contributed by atoms with Gasteiger partial charge in [0.1, 0.15) is 0 Å². The summed E-state index contributed by atoms with van der Waals surface area (Å²) in [6.45, 7) is 0.823. The summed E-state index contributed by atoms with van der Waals surface area (Å²) in [5.41, 5.74) is 0. The topological polar surface area (TPSA) is 57.6 Å². The summed E-state index contributed by atoms with van der Waals surface area (Å²) in [5, 5.41) is 8.48. The zero-order valence-corrected chi connectivity index (χ0v) is 7.12. The van der Waals surface area contributed by atoms with E-state index in [0.717, 1.165) is 19.4 Å². The molecule has 1 saturated heterocycles. The number of hydrogen-bond acceptors (Lipinski definition) is 3. The van der Waals surface area contributed by atoms with E-state index >= 15 is 0 Å². The fourth-order valence-electron chi connectivity index (χ4n) is 1.55. The van der Waals surface area contributed by atoms with Crippen molar-refractivity contribution >= 4 is 11.8 Å². The minimum Gasteiger partial charge on any atom is -0.475 e. The van der Waals surface area contributed by atoms with E-state index in [-0.39, 0.29) is 0 Å². The number of carboxylic acids is 1. The minimum absolute atomic E-state index is 0.392. The Kier molecular flexibility index (Phi) is 2.81. The van der Waals surface area contributed by atoms with Gasteiger partial charge in [-0.15, -0.1) is 0 Å². The zero-order valence-electron chi connectivity index (χ0n) is 7.12. The molecule has 0 aromatic rings. The average molecular weight is 171 g/mol.